The van der Waals surface area contributed by atoms with E-state index in [1.807, 2.05) is 44.2 Å². The van der Waals surface area contributed by atoms with Gasteiger partial charge in [-0.3, -0.25) is 9.59 Å². The van der Waals surface area contributed by atoms with Crippen LogP contribution in [0.15, 0.2) is 53.4 Å². The largest absolute Gasteiger partial charge is 0.352 e. The molecule has 2 amide bonds. The molecule has 0 radical (unpaired) electrons. The molecule has 2 rings (SSSR count). The number of halogens is 2. The van der Waals surface area contributed by atoms with E-state index in [0.717, 1.165) is 10.5 Å². The molecule has 2 aromatic carbocycles. The van der Waals surface area contributed by atoms with Gasteiger partial charge in [-0.05, 0) is 56.7 Å². The topological polar surface area (TPSA) is 49.4 Å². The number of carbonyl (C=O) groups is 2. The van der Waals surface area contributed by atoms with Crippen LogP contribution in [0.1, 0.15) is 26.3 Å². The average molecular weight is 439 g/mol. The summed E-state index contributed by atoms with van der Waals surface area (Å²) in [5.41, 5.74) is 0.804. The molecule has 2 aromatic rings. The van der Waals surface area contributed by atoms with Gasteiger partial charge in [-0.2, -0.15) is 0 Å². The van der Waals surface area contributed by atoms with E-state index >= 15 is 0 Å². The molecule has 4 nitrogen and oxygen atoms in total. The lowest BCUT2D eigenvalue weighted by Gasteiger charge is -2.29. The molecular weight excluding hydrogens is 415 g/mol. The third-order valence-electron chi connectivity index (χ3n) is 4.07. The second-order valence-electron chi connectivity index (χ2n) is 6.69. The Morgan fingerprint density at radius 2 is 1.68 bits per heavy atom. The van der Waals surface area contributed by atoms with Crippen molar-refractivity contribution in [3.63, 3.8) is 0 Å². The summed E-state index contributed by atoms with van der Waals surface area (Å²) in [6.45, 7) is 5.79. The Kier molecular flexibility index (Phi) is 8.67. The van der Waals surface area contributed by atoms with Gasteiger partial charge in [-0.15, -0.1) is 11.8 Å². The van der Waals surface area contributed by atoms with Crippen LogP contribution in [0, 0.1) is 0 Å². The van der Waals surface area contributed by atoms with E-state index < -0.39 is 6.04 Å². The Morgan fingerprint density at radius 3 is 2.29 bits per heavy atom. The van der Waals surface area contributed by atoms with Gasteiger partial charge in [-0.1, -0.05) is 41.4 Å². The van der Waals surface area contributed by atoms with Crippen LogP contribution in [-0.4, -0.2) is 34.6 Å². The zero-order chi connectivity index (χ0) is 20.7. The third kappa shape index (κ3) is 6.73. The van der Waals surface area contributed by atoms with Crippen LogP contribution >= 0.6 is 35.0 Å². The third-order valence-corrected chi connectivity index (χ3v) is 5.69. The Balaban J connectivity index is 2.15. The molecule has 1 N–H and O–H groups in total. The molecule has 0 saturated carbocycles. The summed E-state index contributed by atoms with van der Waals surface area (Å²) in [4.78, 5) is 28.0. The summed E-state index contributed by atoms with van der Waals surface area (Å²) < 4.78 is 0. The lowest BCUT2D eigenvalue weighted by atomic mass is 10.1. The molecule has 0 unspecified atom stereocenters. The summed E-state index contributed by atoms with van der Waals surface area (Å²) in [6.07, 6.45) is 0. The molecule has 0 saturated heterocycles. The summed E-state index contributed by atoms with van der Waals surface area (Å²) in [5.74, 6) is -0.107. The molecule has 150 valence electrons. The minimum Gasteiger partial charge on any atom is -0.352 e. The molecule has 1 atom stereocenters. The van der Waals surface area contributed by atoms with Crippen molar-refractivity contribution in [1.29, 1.82) is 0 Å². The Labute approximate surface area is 180 Å². The molecule has 0 aromatic heterocycles. The van der Waals surface area contributed by atoms with Crippen LogP contribution < -0.4 is 5.32 Å². The minimum absolute atomic E-state index is 0.00402. The fraction of sp³-hybridized carbons (Fsp3) is 0.333. The summed E-state index contributed by atoms with van der Waals surface area (Å²) in [5, 5.41) is 4.09. The second kappa shape index (κ2) is 10.7. The molecule has 0 bridgehead atoms. The molecule has 0 spiro atoms. The van der Waals surface area contributed by atoms with Crippen molar-refractivity contribution in [3.05, 3.63) is 64.1 Å². The molecular formula is C21H24Cl2N2O2S. The van der Waals surface area contributed by atoms with E-state index in [1.54, 1.807) is 30.0 Å². The van der Waals surface area contributed by atoms with Gasteiger partial charge in [0.25, 0.3) is 0 Å². The standard InChI is InChI=1S/C21H24Cl2N2O2S/c1-14(2)24-21(27)15(3)25(12-16-6-4-5-7-19(16)23)20(26)13-28-18-10-8-17(22)9-11-18/h4-11,14-15H,12-13H2,1-3H3,(H,24,27)/t15-/m1/s1. The fourth-order valence-electron chi connectivity index (χ4n) is 2.56. The van der Waals surface area contributed by atoms with Crippen LogP contribution in [0.5, 0.6) is 0 Å². The molecule has 0 heterocycles. The van der Waals surface area contributed by atoms with E-state index in [4.69, 9.17) is 23.2 Å². The highest BCUT2D eigenvalue weighted by molar-refractivity contribution is 8.00. The molecule has 28 heavy (non-hydrogen) atoms. The van der Waals surface area contributed by atoms with Crippen LogP contribution in [-0.2, 0) is 16.1 Å². The lowest BCUT2D eigenvalue weighted by Crippen LogP contribution is -2.49. The van der Waals surface area contributed by atoms with Crippen molar-refractivity contribution in [1.82, 2.24) is 10.2 Å². The van der Waals surface area contributed by atoms with E-state index in [2.05, 4.69) is 5.32 Å². The summed E-state index contributed by atoms with van der Waals surface area (Å²) >= 11 is 13.6. The van der Waals surface area contributed by atoms with Crippen LogP contribution in [0.2, 0.25) is 10.0 Å². The van der Waals surface area contributed by atoms with Crippen molar-refractivity contribution in [3.8, 4) is 0 Å². The fourth-order valence-corrected chi connectivity index (χ4v) is 3.66. The van der Waals surface area contributed by atoms with Crippen molar-refractivity contribution in [2.45, 2.75) is 44.3 Å². The number of nitrogens with one attached hydrogen (secondary N) is 1. The highest BCUT2D eigenvalue weighted by Gasteiger charge is 2.27. The van der Waals surface area contributed by atoms with Gasteiger partial charge >= 0.3 is 0 Å². The average Bonchev–Trinajstić information content (AvgIpc) is 2.65. The van der Waals surface area contributed by atoms with E-state index in [0.29, 0.717) is 10.0 Å². The number of hydrogen-bond acceptors (Lipinski definition) is 3. The van der Waals surface area contributed by atoms with E-state index in [9.17, 15) is 9.59 Å². The summed E-state index contributed by atoms with van der Waals surface area (Å²) in [6, 6.07) is 14.0. The Hall–Kier alpha value is -1.69. The monoisotopic (exact) mass is 438 g/mol. The number of benzene rings is 2. The quantitative estimate of drug-likeness (QED) is 0.587. The van der Waals surface area contributed by atoms with Crippen molar-refractivity contribution in [2.24, 2.45) is 0 Å². The van der Waals surface area contributed by atoms with Crippen molar-refractivity contribution in [2.75, 3.05) is 5.75 Å². The van der Waals surface area contributed by atoms with E-state index in [1.165, 1.54) is 11.8 Å². The minimum atomic E-state index is -0.614. The predicted octanol–water partition coefficient (Wildman–Crippen LogP) is 5.03. The smallest absolute Gasteiger partial charge is 0.242 e. The van der Waals surface area contributed by atoms with Crippen LogP contribution in [0.3, 0.4) is 0 Å². The number of carbonyl (C=O) groups excluding carboxylic acids is 2. The van der Waals surface area contributed by atoms with E-state index in [-0.39, 0.29) is 30.2 Å². The lowest BCUT2D eigenvalue weighted by molar-refractivity contribution is -0.138. The van der Waals surface area contributed by atoms with Gasteiger partial charge < -0.3 is 10.2 Å². The van der Waals surface area contributed by atoms with Gasteiger partial charge in [0.15, 0.2) is 0 Å². The molecule has 0 aliphatic rings. The summed E-state index contributed by atoms with van der Waals surface area (Å²) in [7, 11) is 0. The zero-order valence-electron chi connectivity index (χ0n) is 16.1. The first-order valence-electron chi connectivity index (χ1n) is 8.99. The number of amides is 2. The molecule has 0 fully saturated rings. The maximum Gasteiger partial charge on any atom is 0.242 e. The van der Waals surface area contributed by atoms with Crippen molar-refractivity contribution >= 4 is 46.8 Å². The van der Waals surface area contributed by atoms with Gasteiger partial charge in [0, 0.05) is 27.5 Å². The Bertz CT molecular complexity index is 812. The van der Waals surface area contributed by atoms with Crippen LogP contribution in [0.4, 0.5) is 0 Å². The first-order valence-corrected chi connectivity index (χ1v) is 10.7. The van der Waals surface area contributed by atoms with Gasteiger partial charge in [0.1, 0.15) is 6.04 Å². The number of nitrogens with zero attached hydrogens (tertiary/aromatic N) is 1. The zero-order valence-corrected chi connectivity index (χ0v) is 18.4. The molecule has 0 aliphatic heterocycles. The first kappa shape index (κ1) is 22.6. The first-order chi connectivity index (χ1) is 13.3. The van der Waals surface area contributed by atoms with Gasteiger partial charge in [-0.25, -0.2) is 0 Å². The number of hydrogen-bond donors (Lipinski definition) is 1. The number of rotatable bonds is 8. The number of thioether (sulfide) groups is 1. The maximum absolute atomic E-state index is 13.0. The predicted molar refractivity (Wildman–Crippen MR) is 117 cm³/mol. The SMILES string of the molecule is CC(C)NC(=O)[C@@H](C)N(Cc1ccccc1Cl)C(=O)CSc1ccc(Cl)cc1. The maximum atomic E-state index is 13.0. The van der Waals surface area contributed by atoms with Crippen molar-refractivity contribution < 1.29 is 9.59 Å². The second-order valence-corrected chi connectivity index (χ2v) is 8.59. The molecule has 7 heteroatoms. The van der Waals surface area contributed by atoms with Crippen LogP contribution in [0.25, 0.3) is 0 Å². The van der Waals surface area contributed by atoms with Gasteiger partial charge in [0.2, 0.25) is 11.8 Å². The van der Waals surface area contributed by atoms with Gasteiger partial charge in [0.05, 0.1) is 5.75 Å². The highest BCUT2D eigenvalue weighted by Crippen LogP contribution is 2.23. The Morgan fingerprint density at radius 1 is 1.04 bits per heavy atom. The highest BCUT2D eigenvalue weighted by atomic mass is 35.5. The normalized spacial score (nSPS) is 11.9. The molecule has 0 aliphatic carbocycles.